The molecule has 2 heterocycles. The molecule has 0 saturated carbocycles. The average Bonchev–Trinajstić information content (AvgIpc) is 3.18. The molecule has 4 rings (SSSR count). The largest absolute Gasteiger partial charge is 0.493 e. The van der Waals surface area contributed by atoms with Crippen LogP contribution in [0.1, 0.15) is 59.1 Å². The third-order valence-corrected chi connectivity index (χ3v) is 7.35. The van der Waals surface area contributed by atoms with E-state index < -0.39 is 6.04 Å². The lowest BCUT2D eigenvalue weighted by Gasteiger charge is -2.27. The summed E-state index contributed by atoms with van der Waals surface area (Å²) < 4.78 is 22.8. The highest BCUT2D eigenvalue weighted by Gasteiger charge is 2.43. The lowest BCUT2D eigenvalue weighted by molar-refractivity contribution is 0.0719. The number of benzene rings is 2. The van der Waals surface area contributed by atoms with Crippen molar-refractivity contribution in [1.29, 1.82) is 0 Å². The van der Waals surface area contributed by atoms with Gasteiger partial charge in [-0.05, 0) is 80.9 Å². The lowest BCUT2D eigenvalue weighted by atomic mass is 9.96. The molecule has 0 saturated heterocycles. The molecule has 0 spiro atoms. The van der Waals surface area contributed by atoms with Crippen LogP contribution in [0.25, 0.3) is 11.0 Å². The molecule has 1 unspecified atom stereocenters. The predicted octanol–water partition coefficient (Wildman–Crippen LogP) is 4.71. The summed E-state index contributed by atoms with van der Waals surface area (Å²) in [6, 6.07) is 6.63. The maximum Gasteiger partial charge on any atom is 0.290 e. The van der Waals surface area contributed by atoms with Crippen LogP contribution in [-0.4, -0.2) is 63.2 Å². The van der Waals surface area contributed by atoms with E-state index in [1.54, 1.807) is 38.4 Å². The molecule has 0 N–H and O–H groups in total. The molecule has 8 nitrogen and oxygen atoms in total. The Balaban J connectivity index is 1.91. The number of methoxy groups -OCH3 is 3. The number of amides is 1. The van der Waals surface area contributed by atoms with E-state index in [0.29, 0.717) is 45.9 Å². The summed E-state index contributed by atoms with van der Waals surface area (Å²) >= 11 is 0. The molecule has 1 aromatic heterocycles. The van der Waals surface area contributed by atoms with Crippen molar-refractivity contribution in [3.8, 4) is 17.2 Å². The van der Waals surface area contributed by atoms with Gasteiger partial charge < -0.3 is 28.4 Å². The van der Waals surface area contributed by atoms with Gasteiger partial charge >= 0.3 is 0 Å². The monoisotopic (exact) mass is 508 g/mol. The summed E-state index contributed by atoms with van der Waals surface area (Å²) in [5, 5.41) is 0.470. The van der Waals surface area contributed by atoms with Gasteiger partial charge in [0.05, 0.1) is 38.3 Å². The topological polar surface area (TPSA) is 81.5 Å². The van der Waals surface area contributed by atoms with E-state index in [0.717, 1.165) is 37.2 Å². The maximum atomic E-state index is 13.9. The highest BCUT2D eigenvalue weighted by molar-refractivity contribution is 5.99. The average molecular weight is 509 g/mol. The SMILES string of the molecule is CCN(CC)CCCN1C(=O)c2oc3cc(C)c(C)cc3c(=O)c2C1c1cc(OC)c(OC)c(OC)c1. The summed E-state index contributed by atoms with van der Waals surface area (Å²) in [4.78, 5) is 31.7. The Hall–Kier alpha value is -3.52. The fourth-order valence-electron chi connectivity index (χ4n) is 5.12. The first-order chi connectivity index (χ1) is 17.8. The van der Waals surface area contributed by atoms with Crippen LogP contribution in [0, 0.1) is 13.8 Å². The zero-order valence-electron chi connectivity index (χ0n) is 22.8. The minimum absolute atomic E-state index is 0.0994. The van der Waals surface area contributed by atoms with Crippen molar-refractivity contribution in [2.45, 2.75) is 40.2 Å². The minimum Gasteiger partial charge on any atom is -0.493 e. The Labute approximate surface area is 217 Å². The van der Waals surface area contributed by atoms with E-state index in [4.69, 9.17) is 18.6 Å². The molecule has 2 aromatic carbocycles. The smallest absolute Gasteiger partial charge is 0.290 e. The van der Waals surface area contributed by atoms with Gasteiger partial charge in [-0.3, -0.25) is 9.59 Å². The molecule has 8 heteroatoms. The zero-order valence-corrected chi connectivity index (χ0v) is 22.8. The molecular weight excluding hydrogens is 472 g/mol. The summed E-state index contributed by atoms with van der Waals surface area (Å²) in [5.41, 5.74) is 3.26. The Morgan fingerprint density at radius 3 is 2.11 bits per heavy atom. The molecule has 0 radical (unpaired) electrons. The second-order valence-corrected chi connectivity index (χ2v) is 9.35. The third-order valence-electron chi connectivity index (χ3n) is 7.35. The molecule has 1 atom stereocenters. The Kier molecular flexibility index (Phi) is 7.78. The lowest BCUT2D eigenvalue weighted by Crippen LogP contribution is -2.33. The van der Waals surface area contributed by atoms with Crippen molar-refractivity contribution in [3.05, 3.63) is 62.5 Å². The van der Waals surface area contributed by atoms with Crippen molar-refractivity contribution < 1.29 is 23.4 Å². The van der Waals surface area contributed by atoms with E-state index in [2.05, 4.69) is 18.7 Å². The molecule has 0 fully saturated rings. The fourth-order valence-corrected chi connectivity index (χ4v) is 5.12. The molecule has 1 aliphatic heterocycles. The molecular formula is C29H36N2O6. The number of nitrogens with zero attached hydrogens (tertiary/aromatic N) is 2. The van der Waals surface area contributed by atoms with Crippen LogP contribution in [0.15, 0.2) is 33.5 Å². The van der Waals surface area contributed by atoms with E-state index in [-0.39, 0.29) is 17.1 Å². The van der Waals surface area contributed by atoms with Gasteiger partial charge in [0.2, 0.25) is 11.5 Å². The first kappa shape index (κ1) is 26.5. The quantitative estimate of drug-likeness (QED) is 0.392. The van der Waals surface area contributed by atoms with Crippen LogP contribution in [0.4, 0.5) is 0 Å². The number of carbonyl (C=O) groups excluding carboxylic acids is 1. The van der Waals surface area contributed by atoms with Crippen LogP contribution >= 0.6 is 0 Å². The second-order valence-electron chi connectivity index (χ2n) is 9.35. The molecule has 37 heavy (non-hydrogen) atoms. The minimum atomic E-state index is -0.643. The highest BCUT2D eigenvalue weighted by atomic mass is 16.5. The third kappa shape index (κ3) is 4.66. The van der Waals surface area contributed by atoms with E-state index in [1.807, 2.05) is 26.0 Å². The first-order valence-electron chi connectivity index (χ1n) is 12.7. The molecule has 1 aliphatic rings. The van der Waals surface area contributed by atoms with Crippen molar-refractivity contribution in [2.75, 3.05) is 47.5 Å². The van der Waals surface area contributed by atoms with Crippen LogP contribution < -0.4 is 19.6 Å². The number of ether oxygens (including phenoxy) is 3. The second kappa shape index (κ2) is 10.8. The number of carbonyl (C=O) groups is 1. The summed E-state index contributed by atoms with van der Waals surface area (Å²) in [7, 11) is 4.63. The van der Waals surface area contributed by atoms with Crippen molar-refractivity contribution in [1.82, 2.24) is 9.80 Å². The van der Waals surface area contributed by atoms with Gasteiger partial charge in [-0.25, -0.2) is 0 Å². The highest BCUT2D eigenvalue weighted by Crippen LogP contribution is 2.45. The molecule has 1 amide bonds. The maximum absolute atomic E-state index is 13.9. The van der Waals surface area contributed by atoms with Crippen molar-refractivity contribution in [3.63, 3.8) is 0 Å². The Morgan fingerprint density at radius 1 is 0.919 bits per heavy atom. The normalized spacial score (nSPS) is 15.0. The molecule has 0 bridgehead atoms. The standard InChI is InChI=1S/C29H36N2O6/c1-8-30(9-2)11-10-12-31-25(19-15-22(34-5)27(36-7)23(16-19)35-6)24-26(32)20-13-17(3)18(4)14-21(20)37-28(24)29(31)33/h13-16,25H,8-12H2,1-7H3. The molecule has 3 aromatic rings. The molecule has 0 aliphatic carbocycles. The molecule has 198 valence electrons. The van der Waals surface area contributed by atoms with Gasteiger partial charge in [0.15, 0.2) is 16.9 Å². The van der Waals surface area contributed by atoms with Gasteiger partial charge in [-0.2, -0.15) is 0 Å². The summed E-state index contributed by atoms with van der Waals surface area (Å²) in [5.74, 6) is 1.17. The van der Waals surface area contributed by atoms with Gasteiger partial charge in [0, 0.05) is 6.54 Å². The number of hydrogen-bond acceptors (Lipinski definition) is 7. The predicted molar refractivity (Wildman–Crippen MR) is 143 cm³/mol. The Morgan fingerprint density at radius 2 is 1.54 bits per heavy atom. The summed E-state index contributed by atoms with van der Waals surface area (Å²) in [6.45, 7) is 11.3. The van der Waals surface area contributed by atoms with E-state index >= 15 is 0 Å². The zero-order chi connectivity index (χ0) is 26.9. The van der Waals surface area contributed by atoms with Crippen LogP contribution in [0.2, 0.25) is 0 Å². The number of hydrogen-bond donors (Lipinski definition) is 0. The van der Waals surface area contributed by atoms with Crippen molar-refractivity contribution >= 4 is 16.9 Å². The van der Waals surface area contributed by atoms with Gasteiger partial charge in [-0.15, -0.1) is 0 Å². The van der Waals surface area contributed by atoms with Crippen LogP contribution in [0.5, 0.6) is 17.2 Å². The number of fused-ring (bicyclic) bond motifs is 2. The first-order valence-corrected chi connectivity index (χ1v) is 12.7. The summed E-state index contributed by atoms with van der Waals surface area (Å²) in [6.07, 6.45) is 0.758. The van der Waals surface area contributed by atoms with Gasteiger partial charge in [0.25, 0.3) is 5.91 Å². The van der Waals surface area contributed by atoms with Gasteiger partial charge in [-0.1, -0.05) is 13.8 Å². The van der Waals surface area contributed by atoms with E-state index in [1.165, 1.54) is 0 Å². The Bertz CT molecular complexity index is 1350. The number of rotatable bonds is 10. The van der Waals surface area contributed by atoms with Crippen LogP contribution in [0.3, 0.4) is 0 Å². The van der Waals surface area contributed by atoms with Crippen molar-refractivity contribution in [2.24, 2.45) is 0 Å². The van der Waals surface area contributed by atoms with E-state index in [9.17, 15) is 9.59 Å². The van der Waals surface area contributed by atoms with Crippen LogP contribution in [-0.2, 0) is 0 Å². The van der Waals surface area contributed by atoms with Gasteiger partial charge in [0.1, 0.15) is 5.58 Å². The fraction of sp³-hybridized carbons (Fsp3) is 0.448. The number of aryl methyl sites for hydroxylation is 2.